The quantitative estimate of drug-likeness (QED) is 0.498. The lowest BCUT2D eigenvalue weighted by Crippen LogP contribution is -2.52. The third-order valence-electron chi connectivity index (χ3n) is 5.62. The molecular weight excluding hydrogens is 497 g/mol. The third-order valence-corrected chi connectivity index (χ3v) is 7.33. The Balaban J connectivity index is 2.51. The highest BCUT2D eigenvalue weighted by Crippen LogP contribution is 2.27. The Morgan fingerprint density at radius 1 is 1.09 bits per heavy atom. The SMILES string of the molecule is CCNC(=O)[C@H](CC)N(Cc1ccc(Cl)cc1Cl)C(=O)CN(c1cccc(C)c1C)S(C)(=O)=O. The van der Waals surface area contributed by atoms with Crippen LogP contribution in [0.1, 0.15) is 37.0 Å². The van der Waals surface area contributed by atoms with Crippen LogP contribution in [0.5, 0.6) is 0 Å². The highest BCUT2D eigenvalue weighted by molar-refractivity contribution is 7.92. The number of carbonyl (C=O) groups is 2. The van der Waals surface area contributed by atoms with Crippen LogP contribution in [0, 0.1) is 13.8 Å². The van der Waals surface area contributed by atoms with E-state index in [4.69, 9.17) is 23.2 Å². The van der Waals surface area contributed by atoms with Crippen molar-refractivity contribution in [2.45, 2.75) is 46.7 Å². The molecule has 0 aliphatic rings. The zero-order valence-electron chi connectivity index (χ0n) is 20.1. The van der Waals surface area contributed by atoms with Crippen LogP contribution in [0.25, 0.3) is 0 Å². The van der Waals surface area contributed by atoms with Gasteiger partial charge in [-0.2, -0.15) is 0 Å². The topological polar surface area (TPSA) is 86.8 Å². The molecule has 34 heavy (non-hydrogen) atoms. The van der Waals surface area contributed by atoms with Crippen LogP contribution in [0.3, 0.4) is 0 Å². The number of nitrogens with zero attached hydrogens (tertiary/aromatic N) is 2. The second kappa shape index (κ2) is 11.9. The highest BCUT2D eigenvalue weighted by Gasteiger charge is 2.32. The number of rotatable bonds is 10. The lowest BCUT2D eigenvalue weighted by atomic mass is 10.1. The summed E-state index contributed by atoms with van der Waals surface area (Å²) in [6, 6.07) is 9.38. The first-order chi connectivity index (χ1) is 15.9. The van der Waals surface area contributed by atoms with E-state index in [-0.39, 0.29) is 12.5 Å². The van der Waals surface area contributed by atoms with Gasteiger partial charge in [0.2, 0.25) is 21.8 Å². The maximum Gasteiger partial charge on any atom is 0.244 e. The number of aryl methyl sites for hydroxylation is 1. The van der Waals surface area contributed by atoms with E-state index in [0.717, 1.165) is 21.7 Å². The number of hydrogen-bond donors (Lipinski definition) is 1. The van der Waals surface area contributed by atoms with Gasteiger partial charge < -0.3 is 10.2 Å². The Morgan fingerprint density at radius 3 is 2.32 bits per heavy atom. The van der Waals surface area contributed by atoms with Gasteiger partial charge in [-0.1, -0.05) is 48.3 Å². The van der Waals surface area contributed by atoms with E-state index in [0.29, 0.717) is 34.3 Å². The fraction of sp³-hybridized carbons (Fsp3) is 0.417. The van der Waals surface area contributed by atoms with Crippen molar-refractivity contribution in [2.75, 3.05) is 23.7 Å². The van der Waals surface area contributed by atoms with Crippen LogP contribution in [0.15, 0.2) is 36.4 Å². The van der Waals surface area contributed by atoms with Crippen molar-refractivity contribution in [3.05, 3.63) is 63.1 Å². The van der Waals surface area contributed by atoms with Gasteiger partial charge in [-0.15, -0.1) is 0 Å². The minimum Gasteiger partial charge on any atom is -0.355 e. The van der Waals surface area contributed by atoms with Gasteiger partial charge in [0, 0.05) is 23.1 Å². The molecule has 2 amide bonds. The molecule has 0 aromatic heterocycles. The highest BCUT2D eigenvalue weighted by atomic mass is 35.5. The molecule has 0 unspecified atom stereocenters. The van der Waals surface area contributed by atoms with Crippen LogP contribution in [0.4, 0.5) is 5.69 Å². The van der Waals surface area contributed by atoms with Crippen LogP contribution < -0.4 is 9.62 Å². The van der Waals surface area contributed by atoms with Crippen molar-refractivity contribution < 1.29 is 18.0 Å². The monoisotopic (exact) mass is 527 g/mol. The van der Waals surface area contributed by atoms with E-state index >= 15 is 0 Å². The van der Waals surface area contributed by atoms with E-state index in [1.807, 2.05) is 19.9 Å². The molecule has 7 nitrogen and oxygen atoms in total. The number of likely N-dealkylation sites (N-methyl/N-ethyl adjacent to an activating group) is 1. The predicted octanol–water partition coefficient (Wildman–Crippen LogP) is 4.32. The van der Waals surface area contributed by atoms with Crippen molar-refractivity contribution in [3.8, 4) is 0 Å². The Kier molecular flexibility index (Phi) is 9.79. The summed E-state index contributed by atoms with van der Waals surface area (Å²) in [5, 5.41) is 3.55. The smallest absolute Gasteiger partial charge is 0.244 e. The lowest BCUT2D eigenvalue weighted by molar-refractivity contribution is -0.140. The number of hydrogen-bond acceptors (Lipinski definition) is 4. The predicted molar refractivity (Wildman–Crippen MR) is 138 cm³/mol. The minimum absolute atomic E-state index is 0.0227. The summed E-state index contributed by atoms with van der Waals surface area (Å²) in [6.07, 6.45) is 1.40. The number of anilines is 1. The maximum atomic E-state index is 13.6. The van der Waals surface area contributed by atoms with Gasteiger partial charge in [-0.25, -0.2) is 8.42 Å². The summed E-state index contributed by atoms with van der Waals surface area (Å²) in [5.74, 6) is -0.837. The second-order valence-corrected chi connectivity index (χ2v) is 10.8. The molecule has 0 bridgehead atoms. The van der Waals surface area contributed by atoms with Crippen LogP contribution in [0.2, 0.25) is 10.0 Å². The number of halogens is 2. The molecule has 0 heterocycles. The normalized spacial score (nSPS) is 12.2. The summed E-state index contributed by atoms with van der Waals surface area (Å²) < 4.78 is 26.5. The number of sulfonamides is 1. The maximum absolute atomic E-state index is 13.6. The summed E-state index contributed by atoms with van der Waals surface area (Å²) in [4.78, 5) is 27.8. The van der Waals surface area contributed by atoms with Gasteiger partial charge in [0.15, 0.2) is 0 Å². The van der Waals surface area contributed by atoms with E-state index in [1.165, 1.54) is 4.90 Å². The molecular formula is C24H31Cl2N3O4S. The molecule has 0 saturated heterocycles. The summed E-state index contributed by atoms with van der Waals surface area (Å²) in [7, 11) is -3.79. The number of benzene rings is 2. The van der Waals surface area contributed by atoms with Gasteiger partial charge >= 0.3 is 0 Å². The van der Waals surface area contributed by atoms with E-state index in [9.17, 15) is 18.0 Å². The van der Waals surface area contributed by atoms with Crippen molar-refractivity contribution in [3.63, 3.8) is 0 Å². The van der Waals surface area contributed by atoms with Gasteiger partial charge in [-0.05, 0) is 62.1 Å². The number of amides is 2. The molecule has 0 aliphatic carbocycles. The molecule has 0 saturated carbocycles. The average Bonchev–Trinajstić information content (AvgIpc) is 2.75. The van der Waals surface area contributed by atoms with Gasteiger partial charge in [-0.3, -0.25) is 13.9 Å². The van der Waals surface area contributed by atoms with E-state index in [2.05, 4.69) is 5.32 Å². The van der Waals surface area contributed by atoms with E-state index in [1.54, 1.807) is 44.2 Å². The Bertz CT molecular complexity index is 1150. The molecule has 2 aromatic carbocycles. The molecule has 0 spiro atoms. The molecule has 0 aliphatic heterocycles. The van der Waals surface area contributed by atoms with Crippen molar-refractivity contribution in [1.29, 1.82) is 0 Å². The molecule has 1 N–H and O–H groups in total. The third kappa shape index (κ3) is 6.87. The molecule has 1 atom stereocenters. The number of nitrogens with one attached hydrogen (secondary N) is 1. The van der Waals surface area contributed by atoms with Crippen molar-refractivity contribution in [2.24, 2.45) is 0 Å². The zero-order valence-corrected chi connectivity index (χ0v) is 22.4. The number of carbonyl (C=O) groups excluding carboxylic acids is 2. The molecule has 2 aromatic rings. The first-order valence-corrected chi connectivity index (χ1v) is 13.6. The summed E-state index contributed by atoms with van der Waals surface area (Å²) in [5.41, 5.74) is 2.67. The van der Waals surface area contributed by atoms with Crippen LogP contribution in [-0.2, 0) is 26.2 Å². The summed E-state index contributed by atoms with van der Waals surface area (Å²) in [6.45, 7) is 7.23. The standard InChI is InChI=1S/C24H31Cl2N3O4S/c1-6-21(24(31)27-7-2)28(14-18-11-12-19(25)13-20(18)26)23(30)15-29(34(5,32)33)22-10-8-9-16(3)17(22)4/h8-13,21H,6-7,14-15H2,1-5H3,(H,27,31)/t21-/m0/s1. The molecule has 186 valence electrons. The first-order valence-electron chi connectivity index (χ1n) is 11.0. The zero-order chi connectivity index (χ0) is 25.6. The second-order valence-electron chi connectivity index (χ2n) is 8.06. The summed E-state index contributed by atoms with van der Waals surface area (Å²) >= 11 is 12.4. The molecule has 0 fully saturated rings. The van der Waals surface area contributed by atoms with Crippen molar-refractivity contribution >= 4 is 50.7 Å². The Labute approximate surface area is 212 Å². The Hall–Kier alpha value is -2.29. The van der Waals surface area contributed by atoms with Crippen LogP contribution >= 0.6 is 23.2 Å². The first kappa shape index (κ1) is 28.0. The van der Waals surface area contributed by atoms with E-state index < -0.39 is 28.5 Å². The molecule has 0 radical (unpaired) electrons. The fourth-order valence-electron chi connectivity index (χ4n) is 3.65. The lowest BCUT2D eigenvalue weighted by Gasteiger charge is -2.33. The van der Waals surface area contributed by atoms with Crippen LogP contribution in [-0.4, -0.2) is 50.5 Å². The van der Waals surface area contributed by atoms with Gasteiger partial charge in [0.25, 0.3) is 0 Å². The van der Waals surface area contributed by atoms with Crippen molar-refractivity contribution in [1.82, 2.24) is 10.2 Å². The van der Waals surface area contributed by atoms with Gasteiger partial charge in [0.1, 0.15) is 12.6 Å². The Morgan fingerprint density at radius 2 is 1.76 bits per heavy atom. The minimum atomic E-state index is -3.79. The molecule has 2 rings (SSSR count). The average molecular weight is 529 g/mol. The fourth-order valence-corrected chi connectivity index (χ4v) is 5.01. The molecule has 10 heteroatoms. The van der Waals surface area contributed by atoms with Gasteiger partial charge in [0.05, 0.1) is 11.9 Å². The largest absolute Gasteiger partial charge is 0.355 e.